The van der Waals surface area contributed by atoms with Crippen molar-refractivity contribution in [3.05, 3.63) is 28.2 Å². The number of hydrogen-bond acceptors (Lipinski definition) is 3. The van der Waals surface area contributed by atoms with Crippen LogP contribution in [0.15, 0.2) is 18.2 Å². The predicted molar refractivity (Wildman–Crippen MR) is 86.8 cm³/mol. The number of carbonyl (C=O) groups is 1. The van der Waals surface area contributed by atoms with E-state index in [9.17, 15) is 4.79 Å². The maximum atomic E-state index is 11.9. The van der Waals surface area contributed by atoms with Crippen LogP contribution in [-0.4, -0.2) is 48.3 Å². The topological polar surface area (TPSA) is 52.8 Å². The monoisotopic (exact) mass is 330 g/mol. The molecule has 0 radical (unpaired) electrons. The second-order valence-electron chi connectivity index (χ2n) is 5.00. The average Bonchev–Trinajstić information content (AvgIpc) is 2.80. The van der Waals surface area contributed by atoms with Crippen molar-refractivity contribution in [1.82, 2.24) is 10.0 Å². The highest BCUT2D eigenvalue weighted by molar-refractivity contribution is 6.35. The molecule has 0 bridgehead atoms. The van der Waals surface area contributed by atoms with E-state index in [-0.39, 0.29) is 6.04 Å². The molecule has 0 saturated carbocycles. The van der Waals surface area contributed by atoms with Crippen molar-refractivity contribution in [2.45, 2.75) is 19.9 Å². The number of nitrogens with two attached hydrogens (primary N) is 1. The second-order valence-corrected chi connectivity index (χ2v) is 5.87. The lowest BCUT2D eigenvalue weighted by Crippen LogP contribution is -2.46. The summed E-state index contributed by atoms with van der Waals surface area (Å²) in [7, 11) is 0. The van der Waals surface area contributed by atoms with E-state index in [1.54, 1.807) is 23.1 Å². The lowest BCUT2D eigenvalue weighted by atomic mass is 10.2. The third-order valence-electron chi connectivity index (χ3n) is 3.70. The van der Waals surface area contributed by atoms with Crippen molar-refractivity contribution in [3.63, 3.8) is 0 Å². The minimum absolute atomic E-state index is 0.0167. The predicted octanol–water partition coefficient (Wildman–Crippen LogP) is 2.82. The molecular formula is C14H20Cl2N4O. The van der Waals surface area contributed by atoms with Gasteiger partial charge >= 0.3 is 6.03 Å². The number of anilines is 1. The Morgan fingerprint density at radius 1 is 1.19 bits per heavy atom. The van der Waals surface area contributed by atoms with Crippen LogP contribution in [-0.2, 0) is 0 Å². The summed E-state index contributed by atoms with van der Waals surface area (Å²) in [5, 5.41) is 5.40. The Labute approximate surface area is 135 Å². The molecule has 5 nitrogen and oxygen atoms in total. The van der Waals surface area contributed by atoms with Gasteiger partial charge in [0.1, 0.15) is 0 Å². The van der Waals surface area contributed by atoms with Gasteiger partial charge in [0.2, 0.25) is 0 Å². The number of likely N-dealkylation sites (N-methyl/N-ethyl adjacent to an activating group) is 2. The largest absolute Gasteiger partial charge is 0.351 e. The van der Waals surface area contributed by atoms with E-state index < -0.39 is 6.03 Å². The van der Waals surface area contributed by atoms with Gasteiger partial charge < -0.3 is 5.73 Å². The highest BCUT2D eigenvalue weighted by atomic mass is 35.5. The van der Waals surface area contributed by atoms with E-state index in [4.69, 9.17) is 28.9 Å². The Balaban J connectivity index is 2.30. The van der Waals surface area contributed by atoms with Crippen molar-refractivity contribution in [3.8, 4) is 0 Å². The molecule has 1 aromatic carbocycles. The molecule has 0 atom stereocenters. The number of rotatable bonds is 4. The molecule has 1 fully saturated rings. The lowest BCUT2D eigenvalue weighted by molar-refractivity contribution is 0.0388. The van der Waals surface area contributed by atoms with Crippen LogP contribution >= 0.6 is 23.2 Å². The fourth-order valence-electron chi connectivity index (χ4n) is 2.79. The zero-order chi connectivity index (χ0) is 15.6. The van der Waals surface area contributed by atoms with E-state index in [2.05, 4.69) is 23.9 Å². The zero-order valence-electron chi connectivity index (χ0n) is 12.2. The number of hydrogen-bond donors (Lipinski definition) is 1. The third-order valence-corrected chi connectivity index (χ3v) is 4.14. The summed E-state index contributed by atoms with van der Waals surface area (Å²) < 4.78 is 0. The maximum absolute atomic E-state index is 11.9. The zero-order valence-corrected chi connectivity index (χ0v) is 13.7. The standard InChI is InChI=1S/C14H20Cl2N4O/c1-3-18-8-13(9-19(18)4-2)20(14(17)21)12-6-10(15)5-11(16)7-12/h5-7,13H,3-4,8-9H2,1-2H3,(H2,17,21). The molecule has 0 aliphatic carbocycles. The van der Waals surface area contributed by atoms with E-state index >= 15 is 0 Å². The fraction of sp³-hybridized carbons (Fsp3) is 0.500. The molecule has 1 aromatic rings. The number of halogens is 2. The molecule has 116 valence electrons. The van der Waals surface area contributed by atoms with Crippen molar-refractivity contribution >= 4 is 34.9 Å². The molecule has 1 saturated heterocycles. The van der Waals surface area contributed by atoms with Crippen molar-refractivity contribution in [2.24, 2.45) is 5.73 Å². The molecule has 2 amide bonds. The molecule has 0 spiro atoms. The van der Waals surface area contributed by atoms with Gasteiger partial charge in [0.15, 0.2) is 0 Å². The summed E-state index contributed by atoms with van der Waals surface area (Å²) in [5.74, 6) is 0. The molecule has 0 aromatic heterocycles. The van der Waals surface area contributed by atoms with Gasteiger partial charge in [-0.25, -0.2) is 14.8 Å². The van der Waals surface area contributed by atoms with Crippen LogP contribution in [0.25, 0.3) is 0 Å². The van der Waals surface area contributed by atoms with Crippen molar-refractivity contribution in [2.75, 3.05) is 31.1 Å². The Morgan fingerprint density at radius 3 is 2.05 bits per heavy atom. The SMILES string of the molecule is CCN1CC(N(C(N)=O)c2cc(Cl)cc(Cl)c2)CN1CC. The van der Waals surface area contributed by atoms with Gasteiger partial charge in [-0.2, -0.15) is 0 Å². The first-order valence-corrected chi connectivity index (χ1v) is 7.76. The van der Waals surface area contributed by atoms with Gasteiger partial charge in [-0.3, -0.25) is 4.90 Å². The first kappa shape index (κ1) is 16.4. The van der Waals surface area contributed by atoms with E-state index in [1.807, 2.05) is 0 Å². The second kappa shape index (κ2) is 6.83. The molecule has 0 unspecified atom stereocenters. The minimum atomic E-state index is -0.493. The van der Waals surface area contributed by atoms with Crippen LogP contribution in [0.1, 0.15) is 13.8 Å². The number of benzene rings is 1. The molecule has 1 heterocycles. The first-order valence-electron chi connectivity index (χ1n) is 7.00. The summed E-state index contributed by atoms with van der Waals surface area (Å²) >= 11 is 12.1. The van der Waals surface area contributed by atoms with Crippen LogP contribution in [0.4, 0.5) is 10.5 Å². The molecule has 2 N–H and O–H groups in total. The Morgan fingerprint density at radius 2 is 1.67 bits per heavy atom. The smallest absolute Gasteiger partial charge is 0.319 e. The van der Waals surface area contributed by atoms with Crippen LogP contribution in [0.2, 0.25) is 10.0 Å². The number of nitrogens with zero attached hydrogens (tertiary/aromatic N) is 3. The Kier molecular flexibility index (Phi) is 5.32. The number of carbonyl (C=O) groups excluding carboxylic acids is 1. The Bertz CT molecular complexity index is 493. The number of primary amides is 1. The van der Waals surface area contributed by atoms with Gasteiger partial charge in [0.25, 0.3) is 0 Å². The van der Waals surface area contributed by atoms with E-state index in [0.29, 0.717) is 15.7 Å². The summed E-state index contributed by atoms with van der Waals surface area (Å²) in [6.07, 6.45) is 0. The molecule has 1 aliphatic rings. The van der Waals surface area contributed by atoms with Crippen LogP contribution < -0.4 is 10.6 Å². The van der Waals surface area contributed by atoms with Gasteiger partial charge in [-0.1, -0.05) is 37.0 Å². The quantitative estimate of drug-likeness (QED) is 0.923. The maximum Gasteiger partial charge on any atom is 0.319 e. The summed E-state index contributed by atoms with van der Waals surface area (Å²) in [5.41, 5.74) is 6.22. The van der Waals surface area contributed by atoms with E-state index in [1.165, 1.54) is 0 Å². The molecule has 1 aliphatic heterocycles. The normalized spacial score (nSPS) is 17.3. The highest BCUT2D eigenvalue weighted by Gasteiger charge is 2.34. The molecular weight excluding hydrogens is 311 g/mol. The van der Waals surface area contributed by atoms with Gasteiger partial charge in [0, 0.05) is 41.9 Å². The summed E-state index contributed by atoms with van der Waals surface area (Å²) in [6, 6.07) is 4.55. The molecule has 7 heteroatoms. The Hall–Kier alpha value is -1.01. The van der Waals surface area contributed by atoms with E-state index in [0.717, 1.165) is 26.2 Å². The summed E-state index contributed by atoms with van der Waals surface area (Å²) in [4.78, 5) is 13.5. The molecule has 21 heavy (non-hydrogen) atoms. The highest BCUT2D eigenvalue weighted by Crippen LogP contribution is 2.28. The number of hydrazine groups is 1. The number of amides is 2. The molecule has 2 rings (SSSR count). The average molecular weight is 331 g/mol. The minimum Gasteiger partial charge on any atom is -0.351 e. The van der Waals surface area contributed by atoms with Gasteiger partial charge in [-0.05, 0) is 18.2 Å². The first-order chi connectivity index (χ1) is 9.96. The number of urea groups is 1. The van der Waals surface area contributed by atoms with Crippen LogP contribution in [0.5, 0.6) is 0 Å². The van der Waals surface area contributed by atoms with Crippen molar-refractivity contribution in [1.29, 1.82) is 0 Å². The van der Waals surface area contributed by atoms with Crippen LogP contribution in [0.3, 0.4) is 0 Å². The van der Waals surface area contributed by atoms with Crippen LogP contribution in [0, 0.1) is 0 Å². The third kappa shape index (κ3) is 3.61. The van der Waals surface area contributed by atoms with Gasteiger partial charge in [-0.15, -0.1) is 0 Å². The van der Waals surface area contributed by atoms with Gasteiger partial charge in [0.05, 0.1) is 6.04 Å². The van der Waals surface area contributed by atoms with Crippen molar-refractivity contribution < 1.29 is 4.79 Å². The summed E-state index contributed by atoms with van der Waals surface area (Å²) in [6.45, 7) is 7.47. The lowest BCUT2D eigenvalue weighted by Gasteiger charge is -2.27. The fourth-order valence-corrected chi connectivity index (χ4v) is 3.31.